The number of aromatic nitrogens is 5. The van der Waals surface area contributed by atoms with Gasteiger partial charge in [0.05, 0.1) is 5.69 Å². The van der Waals surface area contributed by atoms with Crippen LogP contribution in [0.25, 0.3) is 78.1 Å². The fourth-order valence-electron chi connectivity index (χ4n) is 5.81. The zero-order valence-electron chi connectivity index (χ0n) is 23.7. The van der Waals surface area contributed by atoms with Crippen molar-refractivity contribution in [2.24, 2.45) is 0 Å². The molecule has 0 fully saturated rings. The van der Waals surface area contributed by atoms with E-state index in [0.717, 1.165) is 60.6 Å². The lowest BCUT2D eigenvalue weighted by Crippen LogP contribution is -2.01. The summed E-state index contributed by atoms with van der Waals surface area (Å²) in [5.41, 5.74) is 6.91. The molecule has 0 aliphatic carbocycles. The number of nitrogens with zero attached hydrogens (tertiary/aromatic N) is 5. The minimum Gasteiger partial charge on any atom is -0.264 e. The molecule has 0 aliphatic heterocycles. The number of fused-ring (bicyclic) bond motifs is 2. The summed E-state index contributed by atoms with van der Waals surface area (Å²) in [6.45, 7) is 0. The lowest BCUT2D eigenvalue weighted by molar-refractivity contribution is 1.08. The third kappa shape index (κ3) is 4.57. The Morgan fingerprint density at radius 2 is 0.818 bits per heavy atom. The van der Waals surface area contributed by atoms with Gasteiger partial charge >= 0.3 is 0 Å². The zero-order valence-corrected chi connectivity index (χ0v) is 23.7. The molecule has 0 unspecified atom stereocenters. The van der Waals surface area contributed by atoms with E-state index in [-0.39, 0.29) is 0 Å². The van der Waals surface area contributed by atoms with Crippen molar-refractivity contribution in [3.8, 4) is 56.5 Å². The van der Waals surface area contributed by atoms with Crippen LogP contribution in [0.15, 0.2) is 152 Å². The van der Waals surface area contributed by atoms with Crippen LogP contribution in [0.1, 0.15) is 0 Å². The van der Waals surface area contributed by atoms with Crippen LogP contribution < -0.4 is 0 Å². The first kappa shape index (κ1) is 25.6. The van der Waals surface area contributed by atoms with E-state index < -0.39 is 0 Å². The topological polar surface area (TPSA) is 64.5 Å². The molecular formula is C39H25N5. The van der Waals surface area contributed by atoms with Crippen molar-refractivity contribution in [2.75, 3.05) is 0 Å². The normalized spacial score (nSPS) is 11.2. The molecule has 8 rings (SSSR count). The third-order valence-corrected chi connectivity index (χ3v) is 7.87. The molecule has 0 radical (unpaired) electrons. The monoisotopic (exact) mass is 563 g/mol. The largest absolute Gasteiger partial charge is 0.264 e. The molecule has 0 N–H and O–H groups in total. The summed E-state index contributed by atoms with van der Waals surface area (Å²) in [4.78, 5) is 24.4. The van der Waals surface area contributed by atoms with E-state index >= 15 is 0 Å². The maximum absolute atomic E-state index is 5.10. The highest BCUT2D eigenvalue weighted by molar-refractivity contribution is 6.20. The van der Waals surface area contributed by atoms with E-state index in [1.54, 1.807) is 6.20 Å². The molecule has 0 aliphatic rings. The molecule has 5 nitrogen and oxygen atoms in total. The Morgan fingerprint density at radius 3 is 1.32 bits per heavy atom. The van der Waals surface area contributed by atoms with Crippen molar-refractivity contribution in [1.29, 1.82) is 0 Å². The fraction of sp³-hybridized carbons (Fsp3) is 0. The Bertz CT molecular complexity index is 2140. The van der Waals surface area contributed by atoms with Gasteiger partial charge in [-0.15, -0.1) is 0 Å². The average molecular weight is 564 g/mol. The summed E-state index contributed by atoms with van der Waals surface area (Å²) in [6.07, 6.45) is 5.57. The second kappa shape index (κ2) is 11.0. The minimum atomic E-state index is 0.636. The van der Waals surface area contributed by atoms with Crippen molar-refractivity contribution < 1.29 is 0 Å². The highest BCUT2D eigenvalue weighted by atomic mass is 15.0. The lowest BCUT2D eigenvalue weighted by Gasteiger charge is -2.17. The van der Waals surface area contributed by atoms with Crippen LogP contribution in [-0.4, -0.2) is 24.9 Å². The number of benzene rings is 5. The van der Waals surface area contributed by atoms with E-state index in [9.17, 15) is 0 Å². The predicted octanol–water partition coefficient (Wildman–Crippen LogP) is 9.30. The van der Waals surface area contributed by atoms with E-state index in [0.29, 0.717) is 17.5 Å². The van der Waals surface area contributed by atoms with Crippen molar-refractivity contribution >= 4 is 21.5 Å². The number of pyridine rings is 2. The molecule has 206 valence electrons. The molecule has 0 saturated heterocycles. The van der Waals surface area contributed by atoms with Crippen molar-refractivity contribution in [3.63, 3.8) is 0 Å². The van der Waals surface area contributed by atoms with Gasteiger partial charge in [0.15, 0.2) is 17.5 Å². The second-order valence-electron chi connectivity index (χ2n) is 10.6. The standard InChI is InChI=1S/C39H25N5/c1-3-12-26(13-4-1)37-42-38(27-14-5-2-6-15-27)44-39(43-37)36-32-19-9-7-17-30(32)35(31-18-8-10-20-33(31)36)34-22-21-29(25-41-34)28-16-11-23-40-24-28/h1-25H. The predicted molar refractivity (Wildman–Crippen MR) is 178 cm³/mol. The smallest absolute Gasteiger partial charge is 0.165 e. The van der Waals surface area contributed by atoms with Crippen LogP contribution in [0.5, 0.6) is 0 Å². The summed E-state index contributed by atoms with van der Waals surface area (Å²) in [5, 5.41) is 4.30. The Morgan fingerprint density at radius 1 is 0.341 bits per heavy atom. The van der Waals surface area contributed by atoms with Crippen molar-refractivity contribution in [1.82, 2.24) is 24.9 Å². The SMILES string of the molecule is c1ccc(-c2nc(-c3ccccc3)nc(-c3c4ccccc4c(-c4ccc(-c5cccnc5)cn4)c4ccccc34)n2)cc1. The molecule has 0 spiro atoms. The number of hydrogen-bond acceptors (Lipinski definition) is 5. The lowest BCUT2D eigenvalue weighted by atomic mass is 9.89. The molecule has 0 atom stereocenters. The van der Waals surface area contributed by atoms with Crippen LogP contribution in [0.2, 0.25) is 0 Å². The summed E-state index contributed by atoms with van der Waals surface area (Å²) < 4.78 is 0. The van der Waals surface area contributed by atoms with Crippen molar-refractivity contribution in [3.05, 3.63) is 152 Å². The van der Waals surface area contributed by atoms with Gasteiger partial charge in [-0.2, -0.15) is 0 Å². The molecule has 5 aromatic carbocycles. The molecule has 0 saturated carbocycles. The van der Waals surface area contributed by atoms with Crippen LogP contribution in [0.3, 0.4) is 0 Å². The van der Waals surface area contributed by atoms with Crippen LogP contribution in [-0.2, 0) is 0 Å². The fourth-order valence-corrected chi connectivity index (χ4v) is 5.81. The van der Waals surface area contributed by atoms with Gasteiger partial charge in [-0.3, -0.25) is 9.97 Å². The second-order valence-corrected chi connectivity index (χ2v) is 10.6. The molecule has 8 aromatic rings. The van der Waals surface area contributed by atoms with Gasteiger partial charge in [-0.25, -0.2) is 15.0 Å². The summed E-state index contributed by atoms with van der Waals surface area (Å²) >= 11 is 0. The van der Waals surface area contributed by atoms with E-state index in [1.165, 1.54) is 0 Å². The Balaban J connectivity index is 1.40. The van der Waals surface area contributed by atoms with Crippen LogP contribution in [0.4, 0.5) is 0 Å². The van der Waals surface area contributed by atoms with Gasteiger partial charge in [-0.1, -0.05) is 121 Å². The Labute approximate surface area is 254 Å². The Kier molecular flexibility index (Phi) is 6.39. The van der Waals surface area contributed by atoms with Crippen LogP contribution in [0, 0.1) is 0 Å². The maximum atomic E-state index is 5.10. The molecule has 5 heteroatoms. The van der Waals surface area contributed by atoms with Gasteiger partial charge in [0.1, 0.15) is 0 Å². The highest BCUT2D eigenvalue weighted by Crippen LogP contribution is 2.43. The quantitative estimate of drug-likeness (QED) is 0.195. The first-order chi connectivity index (χ1) is 21.8. The van der Waals surface area contributed by atoms with Gasteiger partial charge in [0.2, 0.25) is 0 Å². The van der Waals surface area contributed by atoms with Gasteiger partial charge in [-0.05, 0) is 33.7 Å². The number of hydrogen-bond donors (Lipinski definition) is 0. The molecule has 0 amide bonds. The molecular weight excluding hydrogens is 538 g/mol. The average Bonchev–Trinajstić information content (AvgIpc) is 3.11. The Hall–Kier alpha value is -6.07. The first-order valence-electron chi connectivity index (χ1n) is 14.5. The van der Waals surface area contributed by atoms with Gasteiger partial charge in [0.25, 0.3) is 0 Å². The molecule has 0 bridgehead atoms. The number of rotatable bonds is 5. The summed E-state index contributed by atoms with van der Waals surface area (Å²) in [7, 11) is 0. The molecule has 44 heavy (non-hydrogen) atoms. The van der Waals surface area contributed by atoms with Gasteiger partial charge < -0.3 is 0 Å². The highest BCUT2D eigenvalue weighted by Gasteiger charge is 2.20. The first-order valence-corrected chi connectivity index (χ1v) is 14.5. The van der Waals surface area contributed by atoms with Crippen LogP contribution >= 0.6 is 0 Å². The minimum absolute atomic E-state index is 0.636. The van der Waals surface area contributed by atoms with E-state index in [1.807, 2.05) is 85.2 Å². The molecule has 3 aromatic heterocycles. The zero-order chi connectivity index (χ0) is 29.3. The molecule has 3 heterocycles. The summed E-state index contributed by atoms with van der Waals surface area (Å²) in [6, 6.07) is 45.3. The summed E-state index contributed by atoms with van der Waals surface area (Å²) in [5.74, 6) is 1.91. The third-order valence-electron chi connectivity index (χ3n) is 7.87. The van der Waals surface area contributed by atoms with Gasteiger partial charge in [0, 0.05) is 52.0 Å². The van der Waals surface area contributed by atoms with E-state index in [4.69, 9.17) is 19.9 Å². The van der Waals surface area contributed by atoms with Crippen molar-refractivity contribution in [2.45, 2.75) is 0 Å². The maximum Gasteiger partial charge on any atom is 0.165 e. The van der Waals surface area contributed by atoms with E-state index in [2.05, 4.69) is 65.6 Å².